The number of hydrogen-bond donors (Lipinski definition) is 0. The van der Waals surface area contributed by atoms with Gasteiger partial charge in [0.25, 0.3) is 0 Å². The van der Waals surface area contributed by atoms with Crippen molar-refractivity contribution < 1.29 is 31.1 Å². The van der Waals surface area contributed by atoms with E-state index in [1.54, 1.807) is 7.11 Å². The molecule has 29 heavy (non-hydrogen) atoms. The van der Waals surface area contributed by atoms with E-state index in [0.29, 0.717) is 44.4 Å². The highest BCUT2D eigenvalue weighted by Gasteiger charge is 2.48. The molecule has 0 unspecified atom stereocenters. The molecule has 0 atom stereocenters. The second-order valence-electron chi connectivity index (χ2n) is 8.66. The quantitative estimate of drug-likeness (QED) is 0.454. The van der Waals surface area contributed by atoms with Gasteiger partial charge in [-0.15, -0.1) is 0 Å². The van der Waals surface area contributed by atoms with Crippen molar-refractivity contribution in [3.63, 3.8) is 0 Å². The van der Waals surface area contributed by atoms with E-state index in [-0.39, 0.29) is 17.2 Å². The van der Waals surface area contributed by atoms with Gasteiger partial charge in [-0.25, -0.2) is 0 Å². The average molecular weight is 422 g/mol. The number of hydrogen-bond acceptors (Lipinski definition) is 1. The van der Waals surface area contributed by atoms with Crippen LogP contribution >= 0.6 is 0 Å². The Labute approximate surface area is 167 Å². The van der Waals surface area contributed by atoms with Gasteiger partial charge >= 0.3 is 12.4 Å². The van der Waals surface area contributed by atoms with Gasteiger partial charge in [-0.3, -0.25) is 0 Å². The minimum atomic E-state index is -5.05. The zero-order chi connectivity index (χ0) is 21.4. The molecule has 0 aromatic heterocycles. The summed E-state index contributed by atoms with van der Waals surface area (Å²) < 4.78 is 89.4. The third-order valence-corrected chi connectivity index (χ3v) is 6.74. The maximum atomic E-state index is 14.0. The first-order chi connectivity index (χ1) is 13.5. The SMILES string of the molecule is COC1CCC(c2ccc(C3CCC(C)CC3)c(C(F)(F)F)c2C(F)(F)F)CC1. The van der Waals surface area contributed by atoms with Gasteiger partial charge < -0.3 is 4.74 Å². The first-order valence-corrected chi connectivity index (χ1v) is 10.4. The Morgan fingerprint density at radius 1 is 0.690 bits per heavy atom. The number of rotatable bonds is 3. The Balaban J connectivity index is 2.09. The van der Waals surface area contributed by atoms with E-state index in [2.05, 4.69) is 0 Å². The first kappa shape index (κ1) is 22.4. The lowest BCUT2D eigenvalue weighted by atomic mass is 9.74. The molecular formula is C22H28F6O. The van der Waals surface area contributed by atoms with Gasteiger partial charge in [0.05, 0.1) is 17.2 Å². The van der Waals surface area contributed by atoms with Crippen molar-refractivity contribution in [2.75, 3.05) is 7.11 Å². The second-order valence-corrected chi connectivity index (χ2v) is 8.66. The summed E-state index contributed by atoms with van der Waals surface area (Å²) in [7, 11) is 1.55. The normalized spacial score (nSPS) is 29.1. The van der Waals surface area contributed by atoms with Crippen LogP contribution in [-0.4, -0.2) is 13.2 Å². The molecule has 3 rings (SSSR count). The van der Waals surface area contributed by atoms with Crippen LogP contribution in [0.25, 0.3) is 0 Å². The Morgan fingerprint density at radius 3 is 1.41 bits per heavy atom. The molecule has 0 radical (unpaired) electrons. The second kappa shape index (κ2) is 8.48. The van der Waals surface area contributed by atoms with Crippen LogP contribution in [-0.2, 0) is 17.1 Å². The molecule has 0 spiro atoms. The van der Waals surface area contributed by atoms with Crippen LogP contribution in [0.4, 0.5) is 26.3 Å². The van der Waals surface area contributed by atoms with E-state index < -0.39 is 35.3 Å². The van der Waals surface area contributed by atoms with Crippen molar-refractivity contribution in [2.45, 2.75) is 88.6 Å². The largest absolute Gasteiger partial charge is 0.417 e. The lowest BCUT2D eigenvalue weighted by Crippen LogP contribution is -2.26. The molecule has 0 amide bonds. The zero-order valence-electron chi connectivity index (χ0n) is 16.8. The standard InChI is InChI=1S/C22H28F6O/c1-13-3-5-14(6-4-13)17-11-12-18(15-7-9-16(29-2)10-8-15)20(22(26,27)28)19(17)21(23,24)25/h11-16H,3-10H2,1-2H3. The van der Waals surface area contributed by atoms with Gasteiger partial charge in [-0.05, 0) is 67.4 Å². The van der Waals surface area contributed by atoms with Crippen molar-refractivity contribution in [3.05, 3.63) is 34.4 Å². The van der Waals surface area contributed by atoms with Gasteiger partial charge in [-0.1, -0.05) is 31.9 Å². The third-order valence-electron chi connectivity index (χ3n) is 6.74. The number of alkyl halides is 6. The van der Waals surface area contributed by atoms with Crippen molar-refractivity contribution in [1.29, 1.82) is 0 Å². The average Bonchev–Trinajstić information content (AvgIpc) is 2.66. The fourth-order valence-electron chi connectivity index (χ4n) is 5.11. The van der Waals surface area contributed by atoms with Gasteiger partial charge in [-0.2, -0.15) is 26.3 Å². The molecular weight excluding hydrogens is 394 g/mol. The molecule has 2 aliphatic rings. The fourth-order valence-corrected chi connectivity index (χ4v) is 5.11. The van der Waals surface area contributed by atoms with Crippen LogP contribution in [0.2, 0.25) is 0 Å². The predicted octanol–water partition coefficient (Wildman–Crippen LogP) is 7.69. The van der Waals surface area contributed by atoms with Gasteiger partial charge in [0.2, 0.25) is 0 Å². The Bertz CT molecular complexity index is 692. The lowest BCUT2D eigenvalue weighted by molar-refractivity contribution is -0.163. The molecule has 1 aromatic carbocycles. The van der Waals surface area contributed by atoms with Crippen LogP contribution in [0, 0.1) is 5.92 Å². The van der Waals surface area contributed by atoms with E-state index in [9.17, 15) is 26.3 Å². The zero-order valence-corrected chi connectivity index (χ0v) is 16.8. The summed E-state index contributed by atoms with van der Waals surface area (Å²) in [5.74, 6) is -0.598. The number of halogens is 6. The van der Waals surface area contributed by atoms with Crippen molar-refractivity contribution in [2.24, 2.45) is 5.92 Å². The minimum absolute atomic E-state index is 0.0359. The molecule has 0 bridgehead atoms. The molecule has 0 saturated heterocycles. The van der Waals surface area contributed by atoms with Gasteiger partial charge in [0.1, 0.15) is 0 Å². The maximum absolute atomic E-state index is 14.0. The van der Waals surface area contributed by atoms with E-state index in [4.69, 9.17) is 4.74 Å². The summed E-state index contributed by atoms with van der Waals surface area (Å²) in [6, 6.07) is 2.65. The molecule has 0 aliphatic heterocycles. The fraction of sp³-hybridized carbons (Fsp3) is 0.727. The monoisotopic (exact) mass is 422 g/mol. The molecule has 2 fully saturated rings. The molecule has 1 nitrogen and oxygen atoms in total. The lowest BCUT2D eigenvalue weighted by Gasteiger charge is -2.33. The van der Waals surface area contributed by atoms with Crippen LogP contribution in [0.1, 0.15) is 92.4 Å². The molecule has 2 aliphatic carbocycles. The Morgan fingerprint density at radius 2 is 1.07 bits per heavy atom. The molecule has 164 valence electrons. The maximum Gasteiger partial charge on any atom is 0.417 e. The third kappa shape index (κ3) is 4.92. The summed E-state index contributed by atoms with van der Waals surface area (Å²) in [5, 5.41) is 0. The number of benzene rings is 1. The smallest absolute Gasteiger partial charge is 0.381 e. The van der Waals surface area contributed by atoms with Gasteiger partial charge in [0, 0.05) is 7.11 Å². The molecule has 7 heteroatoms. The highest BCUT2D eigenvalue weighted by Crippen LogP contribution is 2.50. The Kier molecular flexibility index (Phi) is 6.56. The minimum Gasteiger partial charge on any atom is -0.381 e. The summed E-state index contributed by atoms with van der Waals surface area (Å²) in [6.45, 7) is 2.03. The summed E-state index contributed by atoms with van der Waals surface area (Å²) in [5.41, 5.74) is -3.28. The van der Waals surface area contributed by atoms with Crippen molar-refractivity contribution >= 4 is 0 Å². The summed E-state index contributed by atoms with van der Waals surface area (Å²) in [4.78, 5) is 0. The first-order valence-electron chi connectivity index (χ1n) is 10.4. The predicted molar refractivity (Wildman–Crippen MR) is 98.8 cm³/mol. The van der Waals surface area contributed by atoms with E-state index in [1.807, 2.05) is 6.92 Å². The molecule has 2 saturated carbocycles. The topological polar surface area (TPSA) is 9.23 Å². The number of methoxy groups -OCH3 is 1. The van der Waals surface area contributed by atoms with Crippen LogP contribution in [0.5, 0.6) is 0 Å². The Hall–Kier alpha value is -1.24. The highest BCUT2D eigenvalue weighted by molar-refractivity contribution is 5.48. The van der Waals surface area contributed by atoms with Crippen LogP contribution in [0.15, 0.2) is 12.1 Å². The highest BCUT2D eigenvalue weighted by atomic mass is 19.4. The van der Waals surface area contributed by atoms with E-state index in [0.717, 1.165) is 12.8 Å². The van der Waals surface area contributed by atoms with E-state index in [1.165, 1.54) is 12.1 Å². The molecule has 0 heterocycles. The number of ether oxygens (including phenoxy) is 1. The van der Waals surface area contributed by atoms with Crippen molar-refractivity contribution in [3.8, 4) is 0 Å². The molecule has 1 aromatic rings. The summed E-state index contributed by atoms with van der Waals surface area (Å²) >= 11 is 0. The van der Waals surface area contributed by atoms with Crippen LogP contribution < -0.4 is 0 Å². The summed E-state index contributed by atoms with van der Waals surface area (Å²) in [6.07, 6.45) is -5.72. The van der Waals surface area contributed by atoms with Crippen molar-refractivity contribution in [1.82, 2.24) is 0 Å². The van der Waals surface area contributed by atoms with E-state index >= 15 is 0 Å². The van der Waals surface area contributed by atoms with Gasteiger partial charge in [0.15, 0.2) is 0 Å². The molecule has 0 N–H and O–H groups in total. The van der Waals surface area contributed by atoms with Crippen LogP contribution in [0.3, 0.4) is 0 Å².